The Labute approximate surface area is 114 Å². The zero-order valence-corrected chi connectivity index (χ0v) is 9.95. The maximum atomic E-state index is 13.8. The number of nitro groups is 1. The lowest BCUT2D eigenvalue weighted by Gasteiger charge is -2.04. The molecule has 8 nitrogen and oxygen atoms in total. The quantitative estimate of drug-likeness (QED) is 0.678. The van der Waals surface area contributed by atoms with Crippen molar-refractivity contribution in [3.8, 4) is 11.8 Å². The molecule has 0 bridgehead atoms. The van der Waals surface area contributed by atoms with Crippen LogP contribution in [0, 0.1) is 33.1 Å². The number of hydrogen-bond acceptors (Lipinski definition) is 5. The molecule has 10 heteroatoms. The van der Waals surface area contributed by atoms with E-state index in [2.05, 4.69) is 5.10 Å². The van der Waals surface area contributed by atoms with Crippen molar-refractivity contribution in [1.82, 2.24) is 9.78 Å². The molecule has 1 heterocycles. The molecule has 1 N–H and O–H groups in total. The van der Waals surface area contributed by atoms with Crippen molar-refractivity contribution in [3.05, 3.63) is 51.3 Å². The van der Waals surface area contributed by atoms with Crippen LogP contribution in [0.3, 0.4) is 0 Å². The van der Waals surface area contributed by atoms with Gasteiger partial charge < -0.3 is 5.11 Å². The van der Waals surface area contributed by atoms with Crippen LogP contribution in [0.2, 0.25) is 0 Å². The Morgan fingerprint density at radius 1 is 1.43 bits per heavy atom. The Morgan fingerprint density at radius 2 is 2.00 bits per heavy atom. The fourth-order valence-electron chi connectivity index (χ4n) is 1.61. The number of aromatic nitrogens is 2. The molecule has 1 aromatic carbocycles. The van der Waals surface area contributed by atoms with Gasteiger partial charge >= 0.3 is 11.7 Å². The fraction of sp³-hybridized carbons (Fsp3) is 0. The number of benzene rings is 1. The number of rotatable bonds is 3. The van der Waals surface area contributed by atoms with Gasteiger partial charge in [0.15, 0.2) is 11.6 Å². The van der Waals surface area contributed by atoms with Crippen LogP contribution in [0.4, 0.5) is 14.5 Å². The third-order valence-corrected chi connectivity index (χ3v) is 2.47. The van der Waals surface area contributed by atoms with Crippen LogP contribution in [0.1, 0.15) is 16.1 Å². The van der Waals surface area contributed by atoms with Crippen molar-refractivity contribution in [2.24, 2.45) is 0 Å². The first kappa shape index (κ1) is 14.1. The average Bonchev–Trinajstić information content (AvgIpc) is 2.83. The Kier molecular flexibility index (Phi) is 3.33. The fourth-order valence-corrected chi connectivity index (χ4v) is 1.61. The maximum Gasteiger partial charge on any atom is 0.363 e. The predicted molar refractivity (Wildman–Crippen MR) is 61.8 cm³/mol. The highest BCUT2D eigenvalue weighted by Gasteiger charge is 2.27. The van der Waals surface area contributed by atoms with E-state index in [1.165, 1.54) is 6.07 Å². The number of hydrogen-bond donors (Lipinski definition) is 1. The van der Waals surface area contributed by atoms with Gasteiger partial charge in [0.05, 0.1) is 16.6 Å². The Balaban J connectivity index is 2.69. The molecule has 0 aliphatic rings. The number of carboxylic acid groups (broad SMARTS) is 1. The molecule has 0 aliphatic carbocycles. The first-order valence-corrected chi connectivity index (χ1v) is 5.22. The van der Waals surface area contributed by atoms with E-state index < -0.39 is 39.6 Å². The minimum Gasteiger partial charge on any atom is -0.476 e. The molecular weight excluding hydrogens is 290 g/mol. The summed E-state index contributed by atoms with van der Waals surface area (Å²) in [5.41, 5.74) is -2.98. The number of aromatic carboxylic acids is 1. The standard InChI is InChI=1S/C11H4F2N4O4/c12-6-1-5(3-14)2-7(13)10(6)16-4-8(17(20)21)9(15-16)11(18)19/h1-2,4H,(H,18,19). The molecule has 0 saturated heterocycles. The van der Waals surface area contributed by atoms with E-state index in [4.69, 9.17) is 10.4 Å². The van der Waals surface area contributed by atoms with Gasteiger partial charge in [-0.1, -0.05) is 0 Å². The molecule has 0 aliphatic heterocycles. The van der Waals surface area contributed by atoms with Crippen LogP contribution in [0.5, 0.6) is 0 Å². The lowest BCUT2D eigenvalue weighted by Crippen LogP contribution is -2.06. The average molecular weight is 294 g/mol. The lowest BCUT2D eigenvalue weighted by molar-refractivity contribution is -0.385. The van der Waals surface area contributed by atoms with Crippen molar-refractivity contribution in [3.63, 3.8) is 0 Å². The summed E-state index contributed by atoms with van der Waals surface area (Å²) in [7, 11) is 0. The zero-order chi connectivity index (χ0) is 15.7. The monoisotopic (exact) mass is 294 g/mol. The van der Waals surface area contributed by atoms with Gasteiger partial charge in [-0.15, -0.1) is 0 Å². The number of halogens is 2. The summed E-state index contributed by atoms with van der Waals surface area (Å²) in [4.78, 5) is 20.5. The van der Waals surface area contributed by atoms with E-state index in [1.807, 2.05) is 0 Å². The van der Waals surface area contributed by atoms with Crippen LogP contribution in [0.15, 0.2) is 18.3 Å². The van der Waals surface area contributed by atoms with Crippen molar-refractivity contribution >= 4 is 11.7 Å². The molecule has 0 spiro atoms. The van der Waals surface area contributed by atoms with Crippen molar-refractivity contribution < 1.29 is 23.6 Å². The molecule has 2 rings (SSSR count). The van der Waals surface area contributed by atoms with E-state index in [-0.39, 0.29) is 5.56 Å². The number of carbonyl (C=O) groups is 1. The van der Waals surface area contributed by atoms with Gasteiger partial charge in [-0.2, -0.15) is 10.4 Å². The normalized spacial score (nSPS) is 10.1. The summed E-state index contributed by atoms with van der Waals surface area (Å²) in [5, 5.41) is 31.3. The van der Waals surface area contributed by atoms with Gasteiger partial charge in [0.1, 0.15) is 11.9 Å². The van der Waals surface area contributed by atoms with Crippen molar-refractivity contribution in [2.45, 2.75) is 0 Å². The first-order valence-electron chi connectivity index (χ1n) is 5.22. The van der Waals surface area contributed by atoms with E-state index in [0.717, 1.165) is 0 Å². The third kappa shape index (κ3) is 2.39. The second kappa shape index (κ2) is 4.97. The van der Waals surface area contributed by atoms with E-state index in [1.54, 1.807) is 0 Å². The first-order chi connectivity index (χ1) is 9.85. The molecule has 21 heavy (non-hydrogen) atoms. The minimum absolute atomic E-state index is 0.297. The summed E-state index contributed by atoms with van der Waals surface area (Å²) in [6.07, 6.45) is 0.580. The van der Waals surface area contributed by atoms with Crippen LogP contribution < -0.4 is 0 Å². The van der Waals surface area contributed by atoms with Crippen LogP contribution in [0.25, 0.3) is 5.69 Å². The van der Waals surface area contributed by atoms with Gasteiger partial charge in [0, 0.05) is 0 Å². The third-order valence-electron chi connectivity index (χ3n) is 2.47. The Morgan fingerprint density at radius 3 is 2.38 bits per heavy atom. The van der Waals surface area contributed by atoms with Crippen molar-refractivity contribution in [1.29, 1.82) is 5.26 Å². The molecule has 2 aromatic rings. The summed E-state index contributed by atoms with van der Waals surface area (Å²) >= 11 is 0. The lowest BCUT2D eigenvalue weighted by atomic mass is 10.2. The second-order valence-corrected chi connectivity index (χ2v) is 3.77. The largest absolute Gasteiger partial charge is 0.476 e. The van der Waals surface area contributed by atoms with Gasteiger partial charge in [0.2, 0.25) is 5.69 Å². The van der Waals surface area contributed by atoms with Gasteiger partial charge in [0.25, 0.3) is 0 Å². The molecule has 0 atom stereocenters. The highest BCUT2D eigenvalue weighted by atomic mass is 19.1. The number of nitriles is 1. The SMILES string of the molecule is N#Cc1cc(F)c(-n2cc([N+](=O)[O-])c(C(=O)O)n2)c(F)c1. The number of nitrogens with zero attached hydrogens (tertiary/aromatic N) is 4. The van der Waals surface area contributed by atoms with Gasteiger partial charge in [-0.25, -0.2) is 18.3 Å². The Bertz CT molecular complexity index is 755. The molecule has 106 valence electrons. The molecular formula is C11H4F2N4O4. The number of carboxylic acids is 1. The zero-order valence-electron chi connectivity index (χ0n) is 9.95. The van der Waals surface area contributed by atoms with Crippen LogP contribution in [-0.2, 0) is 0 Å². The molecule has 0 fully saturated rings. The second-order valence-electron chi connectivity index (χ2n) is 3.77. The summed E-state index contributed by atoms with van der Waals surface area (Å²) < 4.78 is 27.9. The smallest absolute Gasteiger partial charge is 0.363 e. The van der Waals surface area contributed by atoms with Crippen LogP contribution in [-0.4, -0.2) is 25.8 Å². The molecule has 0 radical (unpaired) electrons. The van der Waals surface area contributed by atoms with Gasteiger partial charge in [-0.05, 0) is 12.1 Å². The predicted octanol–water partition coefficient (Wildman–Crippen LogP) is 1.63. The highest BCUT2D eigenvalue weighted by Crippen LogP contribution is 2.24. The minimum atomic E-state index is -1.71. The summed E-state index contributed by atoms with van der Waals surface area (Å²) in [5.74, 6) is -4.13. The Hall–Kier alpha value is -3.35. The van der Waals surface area contributed by atoms with Gasteiger partial charge in [-0.3, -0.25) is 10.1 Å². The van der Waals surface area contributed by atoms with E-state index >= 15 is 0 Å². The summed E-state index contributed by atoms with van der Waals surface area (Å²) in [6.45, 7) is 0. The molecule has 0 amide bonds. The topological polar surface area (TPSA) is 122 Å². The van der Waals surface area contributed by atoms with Crippen molar-refractivity contribution in [2.75, 3.05) is 0 Å². The molecule has 0 saturated carbocycles. The van der Waals surface area contributed by atoms with E-state index in [9.17, 15) is 23.7 Å². The van der Waals surface area contributed by atoms with E-state index in [0.29, 0.717) is 23.0 Å². The molecule has 0 unspecified atom stereocenters. The maximum absolute atomic E-state index is 13.8. The molecule has 1 aromatic heterocycles. The summed E-state index contributed by atoms with van der Waals surface area (Å²) in [6, 6.07) is 2.93. The van der Waals surface area contributed by atoms with Crippen LogP contribution >= 0.6 is 0 Å². The highest BCUT2D eigenvalue weighted by molar-refractivity contribution is 5.90.